The Hall–Kier alpha value is -1.30. The summed E-state index contributed by atoms with van der Waals surface area (Å²) >= 11 is 1.97. The highest BCUT2D eigenvalue weighted by Gasteiger charge is 2.17. The summed E-state index contributed by atoms with van der Waals surface area (Å²) in [7, 11) is 0. The molecule has 0 unspecified atom stereocenters. The maximum Gasteiger partial charge on any atom is 0.138 e. The molecule has 1 aliphatic heterocycles. The fourth-order valence-electron chi connectivity index (χ4n) is 2.73. The fourth-order valence-corrected chi connectivity index (χ4v) is 3.23. The lowest BCUT2D eigenvalue weighted by Gasteiger charge is -2.24. The van der Waals surface area contributed by atoms with Crippen LogP contribution < -0.4 is 10.6 Å². The first-order valence-corrected chi connectivity index (χ1v) is 7.79. The molecule has 0 fully saturated rings. The number of nitrogen functional groups attached to an aromatic ring is 1. The number of nitrogens with two attached hydrogens (primary N) is 1. The molecule has 3 rings (SSSR count). The van der Waals surface area contributed by atoms with Crippen LogP contribution in [0.4, 0.5) is 15.8 Å². The van der Waals surface area contributed by atoms with E-state index in [-0.39, 0.29) is 5.82 Å². The smallest absolute Gasteiger partial charge is 0.138 e. The Balaban J connectivity index is 1.89. The van der Waals surface area contributed by atoms with Crippen LogP contribution in [0.1, 0.15) is 11.1 Å². The van der Waals surface area contributed by atoms with Gasteiger partial charge in [0, 0.05) is 19.2 Å². The van der Waals surface area contributed by atoms with E-state index >= 15 is 0 Å². The van der Waals surface area contributed by atoms with Crippen molar-refractivity contribution in [3.8, 4) is 0 Å². The number of rotatable bonds is 1. The second-order valence-electron chi connectivity index (χ2n) is 5.08. The van der Waals surface area contributed by atoms with Crippen LogP contribution in [0, 0.1) is 9.39 Å². The molecule has 0 atom stereocenters. The summed E-state index contributed by atoms with van der Waals surface area (Å²) in [4.78, 5) is 2.19. The van der Waals surface area contributed by atoms with Crippen molar-refractivity contribution in [1.82, 2.24) is 0 Å². The molecule has 0 saturated heterocycles. The monoisotopic (exact) mass is 382 g/mol. The van der Waals surface area contributed by atoms with E-state index in [4.69, 9.17) is 5.73 Å². The standard InChI is InChI=1S/C16H16FIN2/c17-13-9-16(15(19)10-14(13)18)20-7-5-11-3-1-2-4-12(11)6-8-20/h1-4,9-10H,5-8,19H2. The summed E-state index contributed by atoms with van der Waals surface area (Å²) in [5.74, 6) is -0.198. The van der Waals surface area contributed by atoms with Crippen LogP contribution >= 0.6 is 22.6 Å². The zero-order valence-electron chi connectivity index (χ0n) is 11.1. The Kier molecular flexibility index (Phi) is 3.83. The number of hydrogen-bond acceptors (Lipinski definition) is 2. The quantitative estimate of drug-likeness (QED) is 0.603. The molecular formula is C16H16FIN2. The fraction of sp³-hybridized carbons (Fsp3) is 0.250. The maximum atomic E-state index is 13.8. The molecule has 4 heteroatoms. The Labute approximate surface area is 131 Å². The molecule has 0 radical (unpaired) electrons. The number of anilines is 2. The van der Waals surface area contributed by atoms with Crippen molar-refractivity contribution in [3.63, 3.8) is 0 Å². The first kappa shape index (κ1) is 13.7. The number of nitrogens with zero attached hydrogens (tertiary/aromatic N) is 1. The first-order valence-electron chi connectivity index (χ1n) is 6.71. The predicted molar refractivity (Wildman–Crippen MR) is 89.6 cm³/mol. The van der Waals surface area contributed by atoms with Gasteiger partial charge in [-0.1, -0.05) is 24.3 Å². The average Bonchev–Trinajstić information content (AvgIpc) is 2.65. The van der Waals surface area contributed by atoms with Crippen LogP contribution in [-0.4, -0.2) is 13.1 Å². The van der Waals surface area contributed by atoms with Crippen molar-refractivity contribution in [1.29, 1.82) is 0 Å². The largest absolute Gasteiger partial charge is 0.397 e. The van der Waals surface area contributed by atoms with Gasteiger partial charge in [0.05, 0.1) is 14.9 Å². The van der Waals surface area contributed by atoms with Crippen molar-refractivity contribution in [2.45, 2.75) is 12.8 Å². The number of benzene rings is 2. The first-order chi connectivity index (χ1) is 9.65. The van der Waals surface area contributed by atoms with Crippen LogP contribution in [-0.2, 0) is 12.8 Å². The topological polar surface area (TPSA) is 29.3 Å². The highest BCUT2D eigenvalue weighted by atomic mass is 127. The third kappa shape index (κ3) is 2.61. The van der Waals surface area contributed by atoms with Crippen LogP contribution in [0.5, 0.6) is 0 Å². The zero-order chi connectivity index (χ0) is 14.1. The number of halogens is 2. The molecule has 0 saturated carbocycles. The lowest BCUT2D eigenvalue weighted by atomic mass is 10.0. The van der Waals surface area contributed by atoms with Gasteiger partial charge in [-0.05, 0) is 52.6 Å². The molecule has 0 aromatic heterocycles. The van der Waals surface area contributed by atoms with Gasteiger partial charge in [-0.25, -0.2) is 4.39 Å². The molecule has 20 heavy (non-hydrogen) atoms. The normalized spacial score (nSPS) is 14.8. The molecule has 2 N–H and O–H groups in total. The van der Waals surface area contributed by atoms with E-state index in [9.17, 15) is 4.39 Å². The van der Waals surface area contributed by atoms with Crippen molar-refractivity contribution in [2.75, 3.05) is 23.7 Å². The summed E-state index contributed by atoms with van der Waals surface area (Å²) < 4.78 is 14.4. The summed E-state index contributed by atoms with van der Waals surface area (Å²) in [6, 6.07) is 11.8. The van der Waals surface area contributed by atoms with Crippen LogP contribution in [0.2, 0.25) is 0 Å². The van der Waals surface area contributed by atoms with Crippen molar-refractivity contribution in [2.24, 2.45) is 0 Å². The van der Waals surface area contributed by atoms with Gasteiger partial charge in [-0.3, -0.25) is 0 Å². The zero-order valence-corrected chi connectivity index (χ0v) is 13.2. The molecule has 1 heterocycles. The van der Waals surface area contributed by atoms with Gasteiger partial charge >= 0.3 is 0 Å². The second kappa shape index (κ2) is 5.60. The van der Waals surface area contributed by atoms with Crippen molar-refractivity contribution < 1.29 is 4.39 Å². The highest BCUT2D eigenvalue weighted by Crippen LogP contribution is 2.29. The van der Waals surface area contributed by atoms with Gasteiger partial charge in [-0.15, -0.1) is 0 Å². The lowest BCUT2D eigenvalue weighted by Crippen LogP contribution is -2.27. The summed E-state index contributed by atoms with van der Waals surface area (Å²) in [6.45, 7) is 1.75. The average molecular weight is 382 g/mol. The molecule has 2 nitrogen and oxygen atoms in total. The molecule has 1 aliphatic rings. The van der Waals surface area contributed by atoms with E-state index < -0.39 is 0 Å². The molecule has 104 valence electrons. The van der Waals surface area contributed by atoms with Crippen molar-refractivity contribution in [3.05, 3.63) is 56.9 Å². The Bertz CT molecular complexity index is 615. The maximum absolute atomic E-state index is 13.8. The molecule has 0 spiro atoms. The van der Waals surface area contributed by atoms with Crippen molar-refractivity contribution >= 4 is 34.0 Å². The van der Waals surface area contributed by atoms with Gasteiger partial charge < -0.3 is 10.6 Å². The van der Waals surface area contributed by atoms with Crippen LogP contribution in [0.3, 0.4) is 0 Å². The Morgan fingerprint density at radius 3 is 2.25 bits per heavy atom. The van der Waals surface area contributed by atoms with Gasteiger partial charge in [0.1, 0.15) is 5.82 Å². The van der Waals surface area contributed by atoms with Gasteiger partial charge in [0.2, 0.25) is 0 Å². The Morgan fingerprint density at radius 2 is 1.65 bits per heavy atom. The molecule has 2 aromatic carbocycles. The van der Waals surface area contributed by atoms with E-state index in [1.165, 1.54) is 11.1 Å². The third-order valence-corrected chi connectivity index (χ3v) is 4.66. The van der Waals surface area contributed by atoms with Gasteiger partial charge in [0.15, 0.2) is 0 Å². The molecule has 0 aliphatic carbocycles. The van der Waals surface area contributed by atoms with Crippen LogP contribution in [0.15, 0.2) is 36.4 Å². The number of fused-ring (bicyclic) bond motifs is 1. The minimum atomic E-state index is -0.198. The van der Waals surface area contributed by atoms with E-state index in [1.807, 2.05) is 22.6 Å². The minimum absolute atomic E-state index is 0.198. The molecule has 2 aromatic rings. The minimum Gasteiger partial charge on any atom is -0.397 e. The highest BCUT2D eigenvalue weighted by molar-refractivity contribution is 14.1. The van der Waals surface area contributed by atoms with Gasteiger partial charge in [-0.2, -0.15) is 0 Å². The second-order valence-corrected chi connectivity index (χ2v) is 6.24. The van der Waals surface area contributed by atoms with E-state index in [0.29, 0.717) is 9.26 Å². The summed E-state index contributed by atoms with van der Waals surface area (Å²) in [5, 5.41) is 0. The summed E-state index contributed by atoms with van der Waals surface area (Å²) in [5.41, 5.74) is 10.3. The van der Waals surface area contributed by atoms with Gasteiger partial charge in [0.25, 0.3) is 0 Å². The van der Waals surface area contributed by atoms with Crippen LogP contribution in [0.25, 0.3) is 0 Å². The SMILES string of the molecule is Nc1cc(I)c(F)cc1N1CCc2ccccc2CC1. The van der Waals surface area contributed by atoms with E-state index in [1.54, 1.807) is 12.1 Å². The van der Waals surface area contributed by atoms with E-state index in [0.717, 1.165) is 31.6 Å². The number of hydrogen-bond donors (Lipinski definition) is 1. The molecule has 0 bridgehead atoms. The third-order valence-electron chi connectivity index (χ3n) is 3.83. The lowest BCUT2D eigenvalue weighted by molar-refractivity contribution is 0.619. The molecular weight excluding hydrogens is 366 g/mol. The Morgan fingerprint density at radius 1 is 1.05 bits per heavy atom. The summed E-state index contributed by atoms with van der Waals surface area (Å²) in [6.07, 6.45) is 1.95. The van der Waals surface area contributed by atoms with E-state index in [2.05, 4.69) is 29.2 Å². The molecule has 0 amide bonds. The predicted octanol–water partition coefficient (Wildman–Crippen LogP) is 3.62.